The van der Waals surface area contributed by atoms with Crippen molar-refractivity contribution in [3.8, 4) is 0 Å². The van der Waals surface area contributed by atoms with Crippen molar-refractivity contribution in [2.75, 3.05) is 0 Å². The number of nitrogens with zero attached hydrogens (tertiary/aromatic N) is 2. The van der Waals surface area contributed by atoms with Gasteiger partial charge in [-0.05, 0) is 24.3 Å². The Morgan fingerprint density at radius 2 is 0.848 bits per heavy atom. The van der Waals surface area contributed by atoms with Crippen LogP contribution in [0, 0.1) is 0 Å². The van der Waals surface area contributed by atoms with Crippen molar-refractivity contribution in [2.24, 2.45) is 0 Å². The van der Waals surface area contributed by atoms with E-state index in [2.05, 4.69) is 56.1 Å². The van der Waals surface area contributed by atoms with Crippen LogP contribution in [0.1, 0.15) is 23.2 Å². The van der Waals surface area contributed by atoms with E-state index in [-0.39, 0.29) is 28.6 Å². The molecule has 0 saturated heterocycles. The van der Waals surface area contributed by atoms with Gasteiger partial charge in [-0.3, -0.25) is 0 Å². The quantitative estimate of drug-likeness (QED) is 0.149. The first-order valence-electron chi connectivity index (χ1n) is 9.96. The van der Waals surface area contributed by atoms with Crippen LogP contribution in [0.5, 0.6) is 0 Å². The summed E-state index contributed by atoms with van der Waals surface area (Å²) in [7, 11) is 0. The van der Waals surface area contributed by atoms with Gasteiger partial charge in [0.15, 0.2) is 0 Å². The molecule has 0 aliphatic rings. The SMILES string of the molecule is [Ni].[S-]c1ccccc1[N-]C(c1ccc(Br)cc1)C([N-]c1ccccc1[S-])c1ccc(Br)cc1. The van der Waals surface area contributed by atoms with E-state index in [0.29, 0.717) is 9.79 Å². The Kier molecular flexibility index (Phi) is 9.60. The van der Waals surface area contributed by atoms with Crippen LogP contribution in [-0.2, 0) is 41.7 Å². The van der Waals surface area contributed by atoms with Crippen LogP contribution in [0.2, 0.25) is 0 Å². The van der Waals surface area contributed by atoms with E-state index in [9.17, 15) is 0 Å². The van der Waals surface area contributed by atoms with Gasteiger partial charge in [0.2, 0.25) is 0 Å². The fraction of sp³-hybridized carbons (Fsp3) is 0.0769. The molecule has 2 nitrogen and oxygen atoms in total. The van der Waals surface area contributed by atoms with Gasteiger partial charge < -0.3 is 35.9 Å². The summed E-state index contributed by atoms with van der Waals surface area (Å²) in [5.74, 6) is 0. The molecule has 0 spiro atoms. The van der Waals surface area contributed by atoms with Gasteiger partial charge in [0.05, 0.1) is 0 Å². The van der Waals surface area contributed by atoms with Crippen molar-refractivity contribution in [2.45, 2.75) is 21.9 Å². The van der Waals surface area contributed by atoms with Crippen LogP contribution in [0.25, 0.3) is 10.6 Å². The normalized spacial score (nSPS) is 12.3. The van der Waals surface area contributed by atoms with Gasteiger partial charge in [-0.1, -0.05) is 116 Å². The number of rotatable bonds is 7. The third-order valence-electron chi connectivity index (χ3n) is 5.01. The van der Waals surface area contributed by atoms with Crippen molar-refractivity contribution < 1.29 is 16.5 Å². The minimum atomic E-state index is -0.289. The fourth-order valence-corrected chi connectivity index (χ4v) is 4.33. The Labute approximate surface area is 233 Å². The molecule has 2 unspecified atom stereocenters. The second kappa shape index (κ2) is 12.2. The summed E-state index contributed by atoms with van der Waals surface area (Å²) in [4.78, 5) is 1.43. The van der Waals surface area contributed by atoms with Crippen molar-refractivity contribution in [3.63, 3.8) is 0 Å². The van der Waals surface area contributed by atoms with Gasteiger partial charge in [-0.2, -0.15) is 21.2 Å². The average molecular weight is 641 g/mol. The molecule has 0 heterocycles. The third-order valence-corrected chi connectivity index (χ3v) is 6.76. The van der Waals surface area contributed by atoms with E-state index >= 15 is 0 Å². The summed E-state index contributed by atoms with van der Waals surface area (Å²) in [5.41, 5.74) is 3.65. The smallest absolute Gasteiger partial charge is 0.0175 e. The standard InChI is InChI=1S/C26H20Br2N2S2.Ni/c27-19-13-9-17(10-14-19)25(29-21-5-1-3-7-23(21)31)26(18-11-15-20(28)16-12-18)30-22-6-2-4-8-24(22)32;/h1-16,25-26,31-32H;/q-2;/p-2. The predicted molar refractivity (Wildman–Crippen MR) is 144 cm³/mol. The zero-order valence-corrected chi connectivity index (χ0v) is 23.0. The molecule has 33 heavy (non-hydrogen) atoms. The minimum absolute atomic E-state index is 0. The van der Waals surface area contributed by atoms with Crippen molar-refractivity contribution in [1.29, 1.82) is 0 Å². The molecule has 4 aromatic carbocycles. The molecule has 0 bridgehead atoms. The van der Waals surface area contributed by atoms with E-state index in [4.69, 9.17) is 35.9 Å². The van der Waals surface area contributed by atoms with Gasteiger partial charge >= 0.3 is 0 Å². The molecule has 0 fully saturated rings. The van der Waals surface area contributed by atoms with Gasteiger partial charge in [-0.15, -0.1) is 12.1 Å². The van der Waals surface area contributed by atoms with Crippen LogP contribution < -0.4 is 0 Å². The average Bonchev–Trinajstić information content (AvgIpc) is 2.80. The van der Waals surface area contributed by atoms with Crippen LogP contribution in [0.4, 0.5) is 11.4 Å². The van der Waals surface area contributed by atoms with Crippen LogP contribution in [0.3, 0.4) is 0 Å². The molecule has 0 radical (unpaired) electrons. The Morgan fingerprint density at radius 3 is 1.18 bits per heavy atom. The van der Waals surface area contributed by atoms with Crippen molar-refractivity contribution >= 4 is 68.5 Å². The predicted octanol–water partition coefficient (Wildman–Crippen LogP) is 9.21. The maximum absolute atomic E-state index is 5.56. The maximum atomic E-state index is 5.56. The van der Waals surface area contributed by atoms with Crippen molar-refractivity contribution in [1.82, 2.24) is 0 Å². The van der Waals surface area contributed by atoms with Crippen LogP contribution in [-0.4, -0.2) is 0 Å². The Bertz CT molecular complexity index is 1090. The number of para-hydroxylation sites is 2. The molecule has 4 rings (SSSR count). The molecule has 0 saturated carbocycles. The Hall–Kier alpha value is -1.63. The summed E-state index contributed by atoms with van der Waals surface area (Å²) in [6.45, 7) is 0. The molecule has 0 aliphatic carbocycles. The number of benzene rings is 4. The maximum Gasteiger partial charge on any atom is 0.0175 e. The number of hydrogen-bond donors (Lipinski definition) is 0. The largest absolute Gasteiger partial charge is 0.781 e. The second-order valence-electron chi connectivity index (χ2n) is 7.19. The Balaban J connectivity index is 0.00000306. The van der Waals surface area contributed by atoms with E-state index in [0.717, 1.165) is 31.4 Å². The van der Waals surface area contributed by atoms with E-state index in [1.807, 2.05) is 72.8 Å². The summed E-state index contributed by atoms with van der Waals surface area (Å²) in [5, 5.41) is 10.2. The molecule has 2 atom stereocenters. The van der Waals surface area contributed by atoms with E-state index in [1.165, 1.54) is 0 Å². The van der Waals surface area contributed by atoms with Crippen molar-refractivity contribution in [3.05, 3.63) is 128 Å². The molecular weight excluding hydrogens is 623 g/mol. The summed E-state index contributed by atoms with van der Waals surface area (Å²) in [6, 6.07) is 31.3. The zero-order valence-electron chi connectivity index (χ0n) is 17.2. The molecular formula is C26H18Br2N2NiS2-4. The monoisotopic (exact) mass is 638 g/mol. The zero-order chi connectivity index (χ0) is 22.5. The first-order valence-corrected chi connectivity index (χ1v) is 12.4. The van der Waals surface area contributed by atoms with Crippen LogP contribution >= 0.6 is 31.9 Å². The first kappa shape index (κ1) is 26.0. The molecule has 7 heteroatoms. The number of halogens is 2. The van der Waals surface area contributed by atoms with E-state index < -0.39 is 0 Å². The molecule has 0 amide bonds. The van der Waals surface area contributed by atoms with Gasteiger partial charge in [-0.25, -0.2) is 0 Å². The number of hydrogen-bond acceptors (Lipinski definition) is 2. The summed E-state index contributed by atoms with van der Waals surface area (Å²) in [6.07, 6.45) is 0. The Morgan fingerprint density at radius 1 is 0.515 bits per heavy atom. The molecule has 0 aromatic heterocycles. The molecule has 0 aliphatic heterocycles. The first-order chi connectivity index (χ1) is 15.5. The van der Waals surface area contributed by atoms with Crippen LogP contribution in [0.15, 0.2) is 116 Å². The molecule has 0 N–H and O–H groups in total. The van der Waals surface area contributed by atoms with Gasteiger partial charge in [0.25, 0.3) is 0 Å². The topological polar surface area (TPSA) is 28.2 Å². The fourth-order valence-electron chi connectivity index (χ4n) is 3.40. The molecule has 4 aromatic rings. The molecule has 172 valence electrons. The third kappa shape index (κ3) is 6.71. The van der Waals surface area contributed by atoms with Gasteiger partial charge in [0, 0.05) is 25.4 Å². The summed E-state index contributed by atoms with van der Waals surface area (Å²) >= 11 is 18.2. The second-order valence-corrected chi connectivity index (χ2v) is 9.90. The minimum Gasteiger partial charge on any atom is -0.781 e. The summed E-state index contributed by atoms with van der Waals surface area (Å²) < 4.78 is 2.02. The van der Waals surface area contributed by atoms with E-state index in [1.54, 1.807) is 0 Å². The van der Waals surface area contributed by atoms with Gasteiger partial charge in [0.1, 0.15) is 0 Å².